The maximum absolute atomic E-state index is 12.9. The van der Waals surface area contributed by atoms with Crippen molar-refractivity contribution >= 4 is 28.7 Å². The highest BCUT2D eigenvalue weighted by Gasteiger charge is 2.43. The maximum Gasteiger partial charge on any atom is 0.325 e. The van der Waals surface area contributed by atoms with E-state index in [1.807, 2.05) is 30.5 Å². The number of para-hydroxylation sites is 1. The number of H-pyrrole nitrogens is 1. The van der Waals surface area contributed by atoms with Gasteiger partial charge >= 0.3 is 6.03 Å². The predicted octanol–water partition coefficient (Wildman–Crippen LogP) is 2.71. The number of fused-ring (bicyclic) bond motifs is 1. The van der Waals surface area contributed by atoms with E-state index in [-0.39, 0.29) is 17.9 Å². The third kappa shape index (κ3) is 3.73. The number of imide groups is 1. The van der Waals surface area contributed by atoms with E-state index >= 15 is 0 Å². The number of aromatic amines is 1. The number of benzene rings is 1. The van der Waals surface area contributed by atoms with Crippen LogP contribution in [0, 0.1) is 5.92 Å². The van der Waals surface area contributed by atoms with E-state index in [1.165, 1.54) is 6.42 Å². The highest BCUT2D eigenvalue weighted by molar-refractivity contribution is 6.07. The molecule has 2 aliphatic rings. The van der Waals surface area contributed by atoms with Crippen LogP contribution in [0.3, 0.4) is 0 Å². The molecule has 4 amide bonds. The van der Waals surface area contributed by atoms with Crippen LogP contribution in [0.4, 0.5) is 4.79 Å². The van der Waals surface area contributed by atoms with Gasteiger partial charge in [-0.25, -0.2) is 4.79 Å². The average Bonchev–Trinajstić information content (AvgIpc) is 3.24. The number of carbonyl (C=O) groups is 3. The number of hydrogen-bond acceptors (Lipinski definition) is 3. The zero-order valence-corrected chi connectivity index (χ0v) is 16.9. The van der Waals surface area contributed by atoms with Gasteiger partial charge in [-0.2, -0.15) is 0 Å². The second-order valence-electron chi connectivity index (χ2n) is 8.33. The Hall–Kier alpha value is -2.83. The molecule has 4 rings (SSSR count). The highest BCUT2D eigenvalue weighted by atomic mass is 16.2. The summed E-state index contributed by atoms with van der Waals surface area (Å²) in [6.07, 6.45) is 6.58. The molecule has 3 N–H and O–H groups in total. The summed E-state index contributed by atoms with van der Waals surface area (Å²) in [7, 11) is 0. The van der Waals surface area contributed by atoms with E-state index < -0.39 is 18.1 Å². The average molecular weight is 396 g/mol. The summed E-state index contributed by atoms with van der Waals surface area (Å²) in [5.41, 5.74) is 1.96. The smallest absolute Gasteiger partial charge is 0.325 e. The molecule has 1 aromatic carbocycles. The van der Waals surface area contributed by atoms with Gasteiger partial charge in [0.1, 0.15) is 12.1 Å². The minimum atomic E-state index is -0.829. The van der Waals surface area contributed by atoms with Crippen molar-refractivity contribution in [1.82, 2.24) is 20.5 Å². The molecule has 1 aliphatic heterocycles. The van der Waals surface area contributed by atoms with Gasteiger partial charge in [0.05, 0.1) is 0 Å². The van der Waals surface area contributed by atoms with Crippen molar-refractivity contribution in [3.05, 3.63) is 36.0 Å². The first kappa shape index (κ1) is 19.5. The highest BCUT2D eigenvalue weighted by Crippen LogP contribution is 2.25. The van der Waals surface area contributed by atoms with Gasteiger partial charge in [0.15, 0.2) is 0 Å². The molecule has 7 heteroatoms. The molecule has 7 nitrogen and oxygen atoms in total. The van der Waals surface area contributed by atoms with Crippen molar-refractivity contribution in [3.63, 3.8) is 0 Å². The van der Waals surface area contributed by atoms with Crippen LogP contribution in [0.15, 0.2) is 30.5 Å². The van der Waals surface area contributed by atoms with Crippen LogP contribution < -0.4 is 10.6 Å². The molecule has 2 aromatic rings. The fourth-order valence-electron chi connectivity index (χ4n) is 4.53. The zero-order valence-electron chi connectivity index (χ0n) is 16.9. The quantitative estimate of drug-likeness (QED) is 0.678. The Labute approximate surface area is 170 Å². The Morgan fingerprint density at radius 1 is 1.24 bits per heavy atom. The van der Waals surface area contributed by atoms with Crippen molar-refractivity contribution in [2.24, 2.45) is 5.92 Å². The normalized spacial score (nSPS) is 25.9. The summed E-state index contributed by atoms with van der Waals surface area (Å²) in [6, 6.07) is 5.97. The molecule has 1 saturated carbocycles. The lowest BCUT2D eigenvalue weighted by Gasteiger charge is -2.31. The molecule has 4 atom stereocenters. The second-order valence-corrected chi connectivity index (χ2v) is 8.33. The number of hydrogen-bond donors (Lipinski definition) is 3. The summed E-state index contributed by atoms with van der Waals surface area (Å²) in [5.74, 6) is -0.197. The summed E-state index contributed by atoms with van der Waals surface area (Å²) < 4.78 is 0. The van der Waals surface area contributed by atoms with Crippen LogP contribution in [0.25, 0.3) is 10.9 Å². The number of urea groups is 1. The standard InChI is InChI=1S/C22H28N4O3/c1-13-7-3-5-9-17(13)24-20(27)14(2)26-21(28)19(25-22(26)29)11-15-12-23-18-10-6-4-8-16(15)18/h4,6,8,10,12-14,17,19,23H,3,5,7,9,11H2,1-2H3,(H,24,27)(H,25,29)/t13-,14-,17+,19+/m1/s1. The second kappa shape index (κ2) is 7.89. The fourth-order valence-corrected chi connectivity index (χ4v) is 4.53. The van der Waals surface area contributed by atoms with Gasteiger partial charge in [-0.05, 0) is 37.3 Å². The van der Waals surface area contributed by atoms with Crippen LogP contribution >= 0.6 is 0 Å². The van der Waals surface area contributed by atoms with Gasteiger partial charge in [-0.3, -0.25) is 14.5 Å². The first-order valence-electron chi connectivity index (χ1n) is 10.4. The van der Waals surface area contributed by atoms with Crippen molar-refractivity contribution in [2.75, 3.05) is 0 Å². The van der Waals surface area contributed by atoms with Crippen molar-refractivity contribution in [1.29, 1.82) is 0 Å². The molecule has 2 heterocycles. The van der Waals surface area contributed by atoms with Gasteiger partial charge in [-0.1, -0.05) is 38.0 Å². The minimum Gasteiger partial charge on any atom is -0.361 e. The molecule has 29 heavy (non-hydrogen) atoms. The monoisotopic (exact) mass is 396 g/mol. The molecule has 0 bridgehead atoms. The maximum atomic E-state index is 12.9. The van der Waals surface area contributed by atoms with Gasteiger partial charge < -0.3 is 15.6 Å². The van der Waals surface area contributed by atoms with Gasteiger partial charge in [0.2, 0.25) is 5.91 Å². The number of rotatable bonds is 5. The lowest BCUT2D eigenvalue weighted by atomic mass is 9.86. The van der Waals surface area contributed by atoms with Gasteiger partial charge in [0, 0.05) is 29.6 Å². The van der Waals surface area contributed by atoms with E-state index in [4.69, 9.17) is 0 Å². The van der Waals surface area contributed by atoms with E-state index in [0.29, 0.717) is 12.3 Å². The number of nitrogens with one attached hydrogen (secondary N) is 3. The van der Waals surface area contributed by atoms with Crippen molar-refractivity contribution in [3.8, 4) is 0 Å². The molecule has 2 fully saturated rings. The third-order valence-electron chi connectivity index (χ3n) is 6.36. The van der Waals surface area contributed by atoms with Crippen LogP contribution in [0.1, 0.15) is 45.1 Å². The van der Waals surface area contributed by atoms with Gasteiger partial charge in [-0.15, -0.1) is 0 Å². The van der Waals surface area contributed by atoms with E-state index in [9.17, 15) is 14.4 Å². The van der Waals surface area contributed by atoms with Crippen LogP contribution in [-0.4, -0.2) is 45.9 Å². The van der Waals surface area contributed by atoms with E-state index in [1.54, 1.807) is 6.92 Å². The Balaban J connectivity index is 1.44. The number of carbonyl (C=O) groups excluding carboxylic acids is 3. The fraction of sp³-hybridized carbons (Fsp3) is 0.500. The molecule has 1 aromatic heterocycles. The molecule has 0 radical (unpaired) electrons. The van der Waals surface area contributed by atoms with Crippen LogP contribution in [0.5, 0.6) is 0 Å². The van der Waals surface area contributed by atoms with Gasteiger partial charge in [0.25, 0.3) is 5.91 Å². The molecule has 154 valence electrons. The molecule has 0 spiro atoms. The largest absolute Gasteiger partial charge is 0.361 e. The summed E-state index contributed by atoms with van der Waals surface area (Å²) in [6.45, 7) is 3.76. The van der Waals surface area contributed by atoms with Crippen molar-refractivity contribution in [2.45, 2.75) is 64.1 Å². The van der Waals surface area contributed by atoms with Crippen LogP contribution in [0.2, 0.25) is 0 Å². The first-order valence-corrected chi connectivity index (χ1v) is 10.4. The van der Waals surface area contributed by atoms with E-state index in [2.05, 4.69) is 22.5 Å². The Morgan fingerprint density at radius 3 is 2.79 bits per heavy atom. The van der Waals surface area contributed by atoms with E-state index in [0.717, 1.165) is 40.6 Å². The van der Waals surface area contributed by atoms with Crippen molar-refractivity contribution < 1.29 is 14.4 Å². The van der Waals surface area contributed by atoms with Crippen LogP contribution in [-0.2, 0) is 16.0 Å². The summed E-state index contributed by atoms with van der Waals surface area (Å²) in [5, 5.41) is 6.83. The zero-order chi connectivity index (χ0) is 20.5. The molecular formula is C22H28N4O3. The third-order valence-corrected chi connectivity index (χ3v) is 6.36. The number of amides is 4. The Bertz CT molecular complexity index is 937. The molecule has 1 saturated heterocycles. The topological polar surface area (TPSA) is 94.3 Å². The minimum absolute atomic E-state index is 0.112. The lowest BCUT2D eigenvalue weighted by Crippen LogP contribution is -2.52. The Kier molecular flexibility index (Phi) is 5.30. The molecular weight excluding hydrogens is 368 g/mol. The first-order chi connectivity index (χ1) is 14.0. The summed E-state index contributed by atoms with van der Waals surface area (Å²) >= 11 is 0. The SMILES string of the molecule is C[C@@H]1CCCC[C@@H]1NC(=O)[C@@H](C)N1C(=O)N[C@@H](Cc2c[nH]c3ccccc23)C1=O. The molecule has 1 aliphatic carbocycles. The number of nitrogens with zero attached hydrogens (tertiary/aromatic N) is 1. The lowest BCUT2D eigenvalue weighted by molar-refractivity contribution is -0.136. The Morgan fingerprint density at radius 2 is 2.00 bits per heavy atom. The summed E-state index contributed by atoms with van der Waals surface area (Å²) in [4.78, 5) is 42.4. The predicted molar refractivity (Wildman–Crippen MR) is 110 cm³/mol. The number of aromatic nitrogens is 1. The molecule has 0 unspecified atom stereocenters.